The standard InChI is InChI=1S/C13H19FN2O2S/c1-10-4-5-12(7-13(10)14)19(17,18)16-9-11-3-2-6-15-8-11/h4-5,7,11,15-16H,2-3,6,8-9H2,1H3. The van der Waals surface area contributed by atoms with Gasteiger partial charge >= 0.3 is 0 Å². The number of nitrogens with one attached hydrogen (secondary N) is 2. The molecule has 0 spiro atoms. The summed E-state index contributed by atoms with van der Waals surface area (Å²) in [5.41, 5.74) is 0.440. The number of hydrogen-bond acceptors (Lipinski definition) is 3. The van der Waals surface area contributed by atoms with E-state index in [9.17, 15) is 12.8 Å². The van der Waals surface area contributed by atoms with Crippen molar-refractivity contribution < 1.29 is 12.8 Å². The van der Waals surface area contributed by atoms with Gasteiger partial charge in [-0.1, -0.05) is 6.07 Å². The minimum Gasteiger partial charge on any atom is -0.316 e. The lowest BCUT2D eigenvalue weighted by Crippen LogP contribution is -2.38. The van der Waals surface area contributed by atoms with Crippen molar-refractivity contribution in [2.24, 2.45) is 5.92 Å². The van der Waals surface area contributed by atoms with Crippen LogP contribution in [-0.4, -0.2) is 28.1 Å². The van der Waals surface area contributed by atoms with Gasteiger partial charge in [0.05, 0.1) is 4.90 Å². The quantitative estimate of drug-likeness (QED) is 0.880. The fraction of sp³-hybridized carbons (Fsp3) is 0.538. The fourth-order valence-corrected chi connectivity index (χ4v) is 3.28. The predicted octanol–water partition coefficient (Wildman–Crippen LogP) is 1.41. The van der Waals surface area contributed by atoms with Gasteiger partial charge in [-0.05, 0) is 56.5 Å². The van der Waals surface area contributed by atoms with Gasteiger partial charge in [0.25, 0.3) is 0 Å². The van der Waals surface area contributed by atoms with Crippen LogP contribution in [0.2, 0.25) is 0 Å². The summed E-state index contributed by atoms with van der Waals surface area (Å²) in [6.45, 7) is 3.81. The van der Waals surface area contributed by atoms with Gasteiger partial charge in [0.15, 0.2) is 0 Å². The van der Waals surface area contributed by atoms with Crippen LogP contribution in [0.3, 0.4) is 0 Å². The molecule has 0 aliphatic carbocycles. The van der Waals surface area contributed by atoms with E-state index in [0.29, 0.717) is 18.0 Å². The summed E-state index contributed by atoms with van der Waals surface area (Å²) >= 11 is 0. The predicted molar refractivity (Wildman–Crippen MR) is 71.9 cm³/mol. The van der Waals surface area contributed by atoms with Crippen LogP contribution < -0.4 is 10.0 Å². The number of sulfonamides is 1. The van der Waals surface area contributed by atoms with E-state index in [2.05, 4.69) is 10.0 Å². The van der Waals surface area contributed by atoms with E-state index in [1.807, 2.05) is 0 Å². The first kappa shape index (κ1) is 14.4. The number of benzene rings is 1. The molecule has 1 fully saturated rings. The lowest BCUT2D eigenvalue weighted by Gasteiger charge is -2.22. The van der Waals surface area contributed by atoms with Crippen LogP contribution in [0.4, 0.5) is 4.39 Å². The molecule has 1 heterocycles. The maximum Gasteiger partial charge on any atom is 0.240 e. The first-order chi connectivity index (χ1) is 8.99. The number of hydrogen-bond donors (Lipinski definition) is 2. The van der Waals surface area contributed by atoms with E-state index in [-0.39, 0.29) is 4.90 Å². The van der Waals surface area contributed by atoms with Crippen molar-refractivity contribution in [2.75, 3.05) is 19.6 Å². The lowest BCUT2D eigenvalue weighted by atomic mass is 10.0. The van der Waals surface area contributed by atoms with Gasteiger partial charge in [-0.3, -0.25) is 0 Å². The number of rotatable bonds is 4. The lowest BCUT2D eigenvalue weighted by molar-refractivity contribution is 0.376. The third-order valence-electron chi connectivity index (χ3n) is 3.41. The maximum atomic E-state index is 13.4. The molecule has 1 saturated heterocycles. The highest BCUT2D eigenvalue weighted by Gasteiger charge is 2.19. The van der Waals surface area contributed by atoms with E-state index < -0.39 is 15.8 Å². The van der Waals surface area contributed by atoms with Crippen molar-refractivity contribution >= 4 is 10.0 Å². The van der Waals surface area contributed by atoms with Crippen molar-refractivity contribution in [2.45, 2.75) is 24.7 Å². The Balaban J connectivity index is 2.02. The van der Waals surface area contributed by atoms with Crippen LogP contribution in [0.25, 0.3) is 0 Å². The van der Waals surface area contributed by atoms with E-state index >= 15 is 0 Å². The Labute approximate surface area is 113 Å². The number of aryl methyl sites for hydroxylation is 1. The molecule has 6 heteroatoms. The molecule has 0 saturated carbocycles. The highest BCUT2D eigenvalue weighted by Crippen LogP contribution is 2.15. The molecule has 0 amide bonds. The van der Waals surface area contributed by atoms with E-state index in [1.54, 1.807) is 6.92 Å². The van der Waals surface area contributed by atoms with Gasteiger partial charge in [-0.15, -0.1) is 0 Å². The monoisotopic (exact) mass is 286 g/mol. The molecular weight excluding hydrogens is 267 g/mol. The van der Waals surface area contributed by atoms with E-state index in [4.69, 9.17) is 0 Å². The first-order valence-electron chi connectivity index (χ1n) is 6.45. The molecule has 106 valence electrons. The van der Waals surface area contributed by atoms with Crippen LogP contribution in [0.15, 0.2) is 23.1 Å². The Morgan fingerprint density at radius 3 is 2.89 bits per heavy atom. The minimum atomic E-state index is -3.62. The maximum absolute atomic E-state index is 13.4. The third kappa shape index (κ3) is 3.75. The van der Waals surface area contributed by atoms with Crippen molar-refractivity contribution in [1.82, 2.24) is 10.0 Å². The minimum absolute atomic E-state index is 0.0145. The first-order valence-corrected chi connectivity index (χ1v) is 7.94. The average molecular weight is 286 g/mol. The van der Waals surface area contributed by atoms with Gasteiger partial charge in [-0.25, -0.2) is 17.5 Å². The molecule has 1 aromatic rings. The smallest absolute Gasteiger partial charge is 0.240 e. The van der Waals surface area contributed by atoms with Gasteiger partial charge in [0.1, 0.15) is 5.82 Å². The zero-order chi connectivity index (χ0) is 13.9. The third-order valence-corrected chi connectivity index (χ3v) is 4.84. The second kappa shape index (κ2) is 5.98. The SMILES string of the molecule is Cc1ccc(S(=O)(=O)NCC2CCCNC2)cc1F. The van der Waals surface area contributed by atoms with Crippen LogP contribution in [0.5, 0.6) is 0 Å². The zero-order valence-electron chi connectivity index (χ0n) is 10.9. The molecule has 1 aromatic carbocycles. The van der Waals surface area contributed by atoms with E-state index in [0.717, 1.165) is 32.0 Å². The molecule has 0 radical (unpaired) electrons. The summed E-state index contributed by atoms with van der Waals surface area (Å²) in [6, 6.07) is 3.97. The Morgan fingerprint density at radius 2 is 2.26 bits per heavy atom. The zero-order valence-corrected chi connectivity index (χ0v) is 11.8. The summed E-state index contributed by atoms with van der Waals surface area (Å²) in [7, 11) is -3.62. The Bertz CT molecular complexity index is 540. The Kier molecular flexibility index (Phi) is 4.54. The molecule has 1 aliphatic rings. The number of halogens is 1. The van der Waals surface area contributed by atoms with Crippen LogP contribution in [0, 0.1) is 18.7 Å². The molecule has 0 aromatic heterocycles. The highest BCUT2D eigenvalue weighted by molar-refractivity contribution is 7.89. The van der Waals surface area contributed by atoms with Gasteiger partial charge in [-0.2, -0.15) is 0 Å². The normalized spacial score (nSPS) is 20.4. The van der Waals surface area contributed by atoms with Crippen molar-refractivity contribution in [3.05, 3.63) is 29.6 Å². The van der Waals surface area contributed by atoms with Crippen LogP contribution in [0.1, 0.15) is 18.4 Å². The van der Waals surface area contributed by atoms with Crippen LogP contribution in [-0.2, 0) is 10.0 Å². The Hall–Kier alpha value is -0.980. The molecule has 2 rings (SSSR count). The highest BCUT2D eigenvalue weighted by atomic mass is 32.2. The van der Waals surface area contributed by atoms with E-state index in [1.165, 1.54) is 12.1 Å². The summed E-state index contributed by atoms with van der Waals surface area (Å²) in [4.78, 5) is -0.0145. The summed E-state index contributed by atoms with van der Waals surface area (Å²) in [6.07, 6.45) is 2.07. The summed E-state index contributed by atoms with van der Waals surface area (Å²) < 4.78 is 40.0. The van der Waals surface area contributed by atoms with Gasteiger partial charge in [0, 0.05) is 6.54 Å². The molecular formula is C13H19FN2O2S. The van der Waals surface area contributed by atoms with Crippen molar-refractivity contribution in [3.8, 4) is 0 Å². The molecule has 1 aliphatic heterocycles. The van der Waals surface area contributed by atoms with Crippen molar-refractivity contribution in [3.63, 3.8) is 0 Å². The second-order valence-corrected chi connectivity index (χ2v) is 6.74. The Morgan fingerprint density at radius 1 is 1.47 bits per heavy atom. The largest absolute Gasteiger partial charge is 0.316 e. The topological polar surface area (TPSA) is 58.2 Å². The van der Waals surface area contributed by atoms with Crippen molar-refractivity contribution in [1.29, 1.82) is 0 Å². The summed E-state index contributed by atoms with van der Waals surface area (Å²) in [5.74, 6) is -0.193. The molecule has 0 bridgehead atoms. The molecule has 4 nitrogen and oxygen atoms in total. The summed E-state index contributed by atoms with van der Waals surface area (Å²) in [5, 5.41) is 3.23. The average Bonchev–Trinajstić information content (AvgIpc) is 2.41. The molecule has 2 N–H and O–H groups in total. The second-order valence-electron chi connectivity index (χ2n) is 4.98. The molecule has 1 atom stereocenters. The van der Waals surface area contributed by atoms with Gasteiger partial charge < -0.3 is 5.32 Å². The molecule has 19 heavy (non-hydrogen) atoms. The number of piperidine rings is 1. The fourth-order valence-electron chi connectivity index (χ4n) is 2.15. The van der Waals surface area contributed by atoms with Gasteiger partial charge in [0.2, 0.25) is 10.0 Å². The van der Waals surface area contributed by atoms with Crippen LogP contribution >= 0.6 is 0 Å². The molecule has 1 unspecified atom stereocenters.